The Morgan fingerprint density at radius 2 is 1.77 bits per heavy atom. The van der Waals surface area contributed by atoms with E-state index < -0.39 is 29.7 Å². The minimum Gasteiger partial charge on any atom is -0.492 e. The van der Waals surface area contributed by atoms with E-state index in [0.717, 1.165) is 11.1 Å². The molecule has 1 aromatic heterocycles. The number of nitrogens with one attached hydrogen (secondary N) is 1. The van der Waals surface area contributed by atoms with E-state index >= 15 is 0 Å². The number of aryl methyl sites for hydroxylation is 1. The molecule has 2 atom stereocenters. The largest absolute Gasteiger partial charge is 0.492 e. The molecule has 0 aliphatic heterocycles. The lowest BCUT2D eigenvalue weighted by molar-refractivity contribution is -0.160. The van der Waals surface area contributed by atoms with Crippen LogP contribution in [0.3, 0.4) is 0 Å². The topological polar surface area (TPSA) is 118 Å². The molecule has 0 amide bonds. The van der Waals surface area contributed by atoms with E-state index in [0.29, 0.717) is 35.5 Å². The summed E-state index contributed by atoms with van der Waals surface area (Å²) in [6, 6.07) is 13.9. The van der Waals surface area contributed by atoms with Crippen molar-refractivity contribution in [2.75, 3.05) is 13.2 Å². The van der Waals surface area contributed by atoms with Crippen LogP contribution in [-0.4, -0.2) is 51.9 Å². The van der Waals surface area contributed by atoms with Crippen LogP contribution in [0.5, 0.6) is 5.75 Å². The number of hydrogen-bond donors (Lipinski definition) is 3. The quantitative estimate of drug-likeness (QED) is 0.259. The van der Waals surface area contributed by atoms with E-state index in [2.05, 4.69) is 10.3 Å². The van der Waals surface area contributed by atoms with E-state index in [4.69, 9.17) is 9.47 Å². The Bertz CT molecular complexity index is 1290. The molecule has 8 nitrogen and oxygen atoms in total. The van der Waals surface area contributed by atoms with Crippen molar-refractivity contribution in [1.82, 2.24) is 10.3 Å². The molecular weight excluding hydrogens is 508 g/mol. The van der Waals surface area contributed by atoms with Gasteiger partial charge in [-0.05, 0) is 62.8 Å². The maximum absolute atomic E-state index is 13.2. The normalized spacial score (nSPS) is 13.1. The Hall–Kier alpha value is -3.75. The number of ether oxygens (including phenoxy) is 2. The third kappa shape index (κ3) is 8.13. The molecule has 1 heterocycles. The van der Waals surface area contributed by atoms with Gasteiger partial charge in [0.25, 0.3) is 0 Å². The first kappa shape index (κ1) is 30.8. The Morgan fingerprint density at radius 3 is 2.35 bits per heavy atom. The lowest BCUT2D eigenvalue weighted by Crippen LogP contribution is -2.46. The molecule has 2 aromatic carbocycles. The number of esters is 1. The molecular formula is C32H40N2O6. The third-order valence-electron chi connectivity index (χ3n) is 6.18. The van der Waals surface area contributed by atoms with Gasteiger partial charge in [-0.25, -0.2) is 4.79 Å². The van der Waals surface area contributed by atoms with Crippen LogP contribution < -0.4 is 10.1 Å². The highest BCUT2D eigenvalue weighted by Gasteiger charge is 2.32. The Morgan fingerprint density at radius 1 is 1.07 bits per heavy atom. The summed E-state index contributed by atoms with van der Waals surface area (Å²) in [4.78, 5) is 29.6. The molecule has 0 aliphatic carbocycles. The number of pyridine rings is 1. The van der Waals surface area contributed by atoms with E-state index in [1.807, 2.05) is 50.2 Å². The second kappa shape index (κ2) is 13.5. The van der Waals surface area contributed by atoms with Crippen LogP contribution in [0, 0.1) is 12.8 Å². The highest BCUT2D eigenvalue weighted by molar-refractivity contribution is 5.95. The lowest BCUT2D eigenvalue weighted by atomic mass is 9.91. The molecule has 40 heavy (non-hydrogen) atoms. The lowest BCUT2D eigenvalue weighted by Gasteiger charge is -2.28. The van der Waals surface area contributed by atoms with Gasteiger partial charge in [-0.2, -0.15) is 0 Å². The molecule has 0 radical (unpaired) electrons. The van der Waals surface area contributed by atoms with Gasteiger partial charge in [-0.15, -0.1) is 0 Å². The van der Waals surface area contributed by atoms with Gasteiger partial charge in [0, 0.05) is 30.1 Å². The minimum absolute atomic E-state index is 0.120. The average molecular weight is 549 g/mol. The van der Waals surface area contributed by atoms with Gasteiger partial charge in [-0.3, -0.25) is 9.78 Å². The highest BCUT2D eigenvalue weighted by atomic mass is 16.6. The van der Waals surface area contributed by atoms with Crippen LogP contribution in [0.15, 0.2) is 60.9 Å². The van der Waals surface area contributed by atoms with Gasteiger partial charge in [0.2, 0.25) is 0 Å². The summed E-state index contributed by atoms with van der Waals surface area (Å²) in [5.74, 6) is -1.16. The standard InChI is InChI=1S/C32H40N2O6/c1-20(2)19-39-29-24(25(22-11-8-7-9-12-22)17-21(3)26(29)30(36)37)14-16-34-27(31(38)40-32(4,5)6)28(35)23-13-10-15-33-18-23/h7-13,15,17-18,20,27-28,34-35H,14,16,19H2,1-6H3,(H,36,37)/t27?,28-/m1/s1. The number of aromatic carboxylic acids is 1. The fourth-order valence-electron chi connectivity index (χ4n) is 4.41. The molecule has 0 spiro atoms. The summed E-state index contributed by atoms with van der Waals surface area (Å²) in [5, 5.41) is 24.4. The molecule has 3 N–H and O–H groups in total. The highest BCUT2D eigenvalue weighted by Crippen LogP contribution is 2.37. The first-order valence-corrected chi connectivity index (χ1v) is 13.5. The number of aliphatic hydroxyl groups is 1. The predicted molar refractivity (Wildman–Crippen MR) is 154 cm³/mol. The van der Waals surface area contributed by atoms with Gasteiger partial charge < -0.3 is 25.0 Å². The maximum Gasteiger partial charge on any atom is 0.339 e. The number of aromatic nitrogens is 1. The smallest absolute Gasteiger partial charge is 0.339 e. The molecule has 3 rings (SSSR count). The van der Waals surface area contributed by atoms with Crippen molar-refractivity contribution in [2.24, 2.45) is 5.92 Å². The van der Waals surface area contributed by atoms with E-state index in [1.165, 1.54) is 6.20 Å². The maximum atomic E-state index is 13.2. The number of rotatable bonds is 12. The summed E-state index contributed by atoms with van der Waals surface area (Å²) in [6.45, 7) is 11.7. The zero-order chi connectivity index (χ0) is 29.4. The number of hydrogen-bond acceptors (Lipinski definition) is 7. The number of benzene rings is 2. The summed E-state index contributed by atoms with van der Waals surface area (Å²) in [7, 11) is 0. The zero-order valence-electron chi connectivity index (χ0n) is 24.1. The number of carbonyl (C=O) groups excluding carboxylic acids is 1. The fourth-order valence-corrected chi connectivity index (χ4v) is 4.41. The molecule has 8 heteroatoms. The zero-order valence-corrected chi connectivity index (χ0v) is 24.1. The van der Waals surface area contributed by atoms with Crippen LogP contribution in [0.4, 0.5) is 0 Å². The van der Waals surface area contributed by atoms with Crippen LogP contribution in [0.25, 0.3) is 11.1 Å². The van der Waals surface area contributed by atoms with E-state index in [9.17, 15) is 19.8 Å². The number of carboxylic acid groups (broad SMARTS) is 1. The van der Waals surface area contributed by atoms with Crippen molar-refractivity contribution in [3.8, 4) is 16.9 Å². The molecule has 214 valence electrons. The molecule has 3 aromatic rings. The van der Waals surface area contributed by atoms with Gasteiger partial charge >= 0.3 is 11.9 Å². The first-order chi connectivity index (χ1) is 18.9. The first-order valence-electron chi connectivity index (χ1n) is 13.5. The average Bonchev–Trinajstić information content (AvgIpc) is 2.89. The summed E-state index contributed by atoms with van der Waals surface area (Å²) in [6.07, 6.45) is 2.22. The fraction of sp³-hybridized carbons (Fsp3) is 0.406. The molecule has 0 bridgehead atoms. The van der Waals surface area contributed by atoms with Crippen molar-refractivity contribution in [3.63, 3.8) is 0 Å². The van der Waals surface area contributed by atoms with Crippen molar-refractivity contribution < 1.29 is 29.3 Å². The minimum atomic E-state index is -1.21. The van der Waals surface area contributed by atoms with E-state index in [1.54, 1.807) is 46.0 Å². The summed E-state index contributed by atoms with van der Waals surface area (Å²) >= 11 is 0. The van der Waals surface area contributed by atoms with E-state index in [-0.39, 0.29) is 18.0 Å². The number of carbonyl (C=O) groups is 2. The number of aliphatic hydroxyl groups excluding tert-OH is 1. The van der Waals surface area contributed by atoms with Crippen LogP contribution in [-0.2, 0) is 16.0 Å². The summed E-state index contributed by atoms with van der Waals surface area (Å²) in [5.41, 5.74) is 2.92. The summed E-state index contributed by atoms with van der Waals surface area (Å²) < 4.78 is 11.8. The SMILES string of the molecule is Cc1cc(-c2ccccc2)c(CCNC(C(=O)OC(C)(C)C)[C@H](O)c2cccnc2)c(OCC(C)C)c1C(=O)O. The molecule has 0 saturated carbocycles. The number of carboxylic acids is 1. The van der Waals surface area contributed by atoms with Crippen LogP contribution >= 0.6 is 0 Å². The monoisotopic (exact) mass is 548 g/mol. The van der Waals surface area contributed by atoms with Gasteiger partial charge in [0.05, 0.1) is 6.61 Å². The molecule has 0 saturated heterocycles. The predicted octanol–water partition coefficient (Wildman–Crippen LogP) is 5.37. The van der Waals surface area contributed by atoms with Gasteiger partial charge in [-0.1, -0.05) is 56.3 Å². The molecule has 0 fully saturated rings. The van der Waals surface area contributed by atoms with Crippen molar-refractivity contribution >= 4 is 11.9 Å². The number of nitrogens with zero attached hydrogens (tertiary/aromatic N) is 1. The van der Waals surface area contributed by atoms with Crippen molar-refractivity contribution in [2.45, 2.75) is 65.7 Å². The molecule has 1 unspecified atom stereocenters. The van der Waals surface area contributed by atoms with Gasteiger partial charge in [0.15, 0.2) is 0 Å². The Balaban J connectivity index is 2.02. The Labute approximate surface area is 236 Å². The Kier molecular flexibility index (Phi) is 10.4. The van der Waals surface area contributed by atoms with Crippen LogP contribution in [0.1, 0.15) is 67.8 Å². The third-order valence-corrected chi connectivity index (χ3v) is 6.18. The second-order valence-electron chi connectivity index (χ2n) is 11.2. The molecule has 0 aliphatic rings. The van der Waals surface area contributed by atoms with Crippen molar-refractivity contribution in [1.29, 1.82) is 0 Å². The van der Waals surface area contributed by atoms with Gasteiger partial charge in [0.1, 0.15) is 29.1 Å². The second-order valence-corrected chi connectivity index (χ2v) is 11.2. The van der Waals surface area contributed by atoms with Crippen molar-refractivity contribution in [3.05, 3.63) is 83.2 Å². The van der Waals surface area contributed by atoms with Crippen LogP contribution in [0.2, 0.25) is 0 Å².